The summed E-state index contributed by atoms with van der Waals surface area (Å²) in [5.74, 6) is -0.831. The number of nitrogens with zero attached hydrogens (tertiary/aromatic N) is 2. The molecule has 1 atom stereocenters. The number of sulfonamides is 1. The van der Waals surface area contributed by atoms with Crippen molar-refractivity contribution in [1.82, 2.24) is 15.3 Å². The highest BCUT2D eigenvalue weighted by Gasteiger charge is 2.33. The average Bonchev–Trinajstić information content (AvgIpc) is 2.82. The molecule has 0 aliphatic carbocycles. The van der Waals surface area contributed by atoms with Gasteiger partial charge in [-0.1, -0.05) is 35.3 Å². The summed E-state index contributed by atoms with van der Waals surface area (Å²) in [5, 5.41) is 3.27. The number of hydrogen-bond donors (Lipinski definition) is 2. The van der Waals surface area contributed by atoms with Crippen molar-refractivity contribution in [3.63, 3.8) is 0 Å². The molecule has 1 heterocycles. The molecule has 0 bridgehead atoms. The molecule has 0 fully saturated rings. The molecule has 0 spiro atoms. The Morgan fingerprint density at radius 1 is 1.00 bits per heavy atom. The summed E-state index contributed by atoms with van der Waals surface area (Å²) in [6.07, 6.45) is -2.13. The Morgan fingerprint density at radius 2 is 1.73 bits per heavy atom. The summed E-state index contributed by atoms with van der Waals surface area (Å²) >= 11 is 12.1. The maximum absolute atomic E-state index is 13.5. The number of aromatic nitrogens is 2. The van der Waals surface area contributed by atoms with Gasteiger partial charge < -0.3 is 5.32 Å². The standard InChI is InChI=1S/C24H17Cl2F3N4O3S/c1-13(16-8-6-15(25)12-18(16)26)32-23(34)17-7-5-14(24(27,28)29)11-20(17)33-37(35,36)21-4-2-3-19-22(21)31-10-9-30-19/h2-13,33H,1H3,(H,32,34). The van der Waals surface area contributed by atoms with Crippen LogP contribution in [0.25, 0.3) is 11.0 Å². The lowest BCUT2D eigenvalue weighted by atomic mass is 10.1. The molecule has 0 radical (unpaired) electrons. The molecule has 1 aromatic heterocycles. The summed E-state index contributed by atoms with van der Waals surface area (Å²) in [4.78, 5) is 20.9. The second-order valence-corrected chi connectivity index (χ2v) is 10.4. The summed E-state index contributed by atoms with van der Waals surface area (Å²) in [6.45, 7) is 1.61. The molecule has 37 heavy (non-hydrogen) atoms. The summed E-state index contributed by atoms with van der Waals surface area (Å²) in [5.41, 5.74) is -1.26. The van der Waals surface area contributed by atoms with Crippen LogP contribution in [0.3, 0.4) is 0 Å². The van der Waals surface area contributed by atoms with Gasteiger partial charge in [0.1, 0.15) is 10.4 Å². The number of carbonyl (C=O) groups is 1. The minimum Gasteiger partial charge on any atom is -0.345 e. The van der Waals surface area contributed by atoms with E-state index < -0.39 is 39.4 Å². The van der Waals surface area contributed by atoms with Crippen molar-refractivity contribution in [1.29, 1.82) is 0 Å². The van der Waals surface area contributed by atoms with Crippen molar-refractivity contribution in [3.05, 3.63) is 93.7 Å². The van der Waals surface area contributed by atoms with Gasteiger partial charge in [0.25, 0.3) is 15.9 Å². The highest BCUT2D eigenvalue weighted by Crippen LogP contribution is 2.34. The van der Waals surface area contributed by atoms with Gasteiger partial charge in [-0.05, 0) is 55.0 Å². The molecule has 1 amide bonds. The number of hydrogen-bond acceptors (Lipinski definition) is 5. The van der Waals surface area contributed by atoms with Crippen molar-refractivity contribution < 1.29 is 26.4 Å². The highest BCUT2D eigenvalue weighted by molar-refractivity contribution is 7.93. The van der Waals surface area contributed by atoms with Gasteiger partial charge in [0.15, 0.2) is 0 Å². The van der Waals surface area contributed by atoms with E-state index in [1.54, 1.807) is 19.1 Å². The Kier molecular flexibility index (Phi) is 7.31. The van der Waals surface area contributed by atoms with Gasteiger partial charge in [-0.3, -0.25) is 19.5 Å². The normalized spacial score (nSPS) is 12.8. The zero-order valence-corrected chi connectivity index (χ0v) is 21.2. The van der Waals surface area contributed by atoms with Gasteiger partial charge >= 0.3 is 6.18 Å². The lowest BCUT2D eigenvalue weighted by molar-refractivity contribution is -0.137. The summed E-state index contributed by atoms with van der Waals surface area (Å²) in [6, 6.07) is 10.3. The van der Waals surface area contributed by atoms with Crippen molar-refractivity contribution in [2.24, 2.45) is 0 Å². The Hall–Kier alpha value is -3.41. The van der Waals surface area contributed by atoms with Gasteiger partial charge in [0, 0.05) is 22.4 Å². The van der Waals surface area contributed by atoms with Crippen LogP contribution >= 0.6 is 23.2 Å². The monoisotopic (exact) mass is 568 g/mol. The van der Waals surface area contributed by atoms with Crippen LogP contribution < -0.4 is 10.0 Å². The summed E-state index contributed by atoms with van der Waals surface area (Å²) < 4.78 is 69.0. The minimum absolute atomic E-state index is 0.0153. The lowest BCUT2D eigenvalue weighted by Gasteiger charge is -2.19. The van der Waals surface area contributed by atoms with Crippen molar-refractivity contribution >= 4 is 55.9 Å². The maximum atomic E-state index is 13.5. The molecule has 4 aromatic rings. The Morgan fingerprint density at radius 3 is 2.43 bits per heavy atom. The van der Waals surface area contributed by atoms with Gasteiger partial charge in [0.05, 0.1) is 28.4 Å². The minimum atomic E-state index is -4.79. The first-order valence-electron chi connectivity index (χ1n) is 10.6. The number of alkyl halides is 3. The Bertz CT molecular complexity index is 1610. The second-order valence-electron chi connectivity index (χ2n) is 7.90. The third-order valence-electron chi connectivity index (χ3n) is 5.36. The fourth-order valence-electron chi connectivity index (χ4n) is 3.59. The molecular weight excluding hydrogens is 552 g/mol. The fourth-order valence-corrected chi connectivity index (χ4v) is 5.40. The molecule has 1 unspecified atom stereocenters. The van der Waals surface area contributed by atoms with Crippen LogP contribution in [0.2, 0.25) is 10.0 Å². The van der Waals surface area contributed by atoms with Crippen molar-refractivity contribution in [3.8, 4) is 0 Å². The number of fused-ring (bicyclic) bond motifs is 1. The van der Waals surface area contributed by atoms with Gasteiger partial charge in [0.2, 0.25) is 0 Å². The van der Waals surface area contributed by atoms with Crippen LogP contribution in [0.1, 0.15) is 34.5 Å². The van der Waals surface area contributed by atoms with Crippen LogP contribution in [0.4, 0.5) is 18.9 Å². The number of anilines is 1. The van der Waals surface area contributed by atoms with E-state index in [0.717, 1.165) is 6.07 Å². The van der Waals surface area contributed by atoms with E-state index in [9.17, 15) is 26.4 Å². The maximum Gasteiger partial charge on any atom is 0.416 e. The molecular formula is C24H17Cl2F3N4O3S. The molecule has 0 aliphatic heterocycles. The van der Waals surface area contributed by atoms with Crippen LogP contribution in [0.5, 0.6) is 0 Å². The predicted octanol–water partition coefficient (Wildman–Crippen LogP) is 6.25. The van der Waals surface area contributed by atoms with E-state index in [2.05, 4.69) is 20.0 Å². The molecule has 3 aromatic carbocycles. The molecule has 0 saturated heterocycles. The lowest BCUT2D eigenvalue weighted by Crippen LogP contribution is -2.28. The molecule has 13 heteroatoms. The first-order chi connectivity index (χ1) is 17.4. The van der Waals surface area contributed by atoms with Crippen LogP contribution in [0.15, 0.2) is 71.9 Å². The van der Waals surface area contributed by atoms with E-state index in [-0.39, 0.29) is 26.5 Å². The van der Waals surface area contributed by atoms with Crippen molar-refractivity contribution in [2.75, 3.05) is 4.72 Å². The van der Waals surface area contributed by atoms with E-state index in [0.29, 0.717) is 22.7 Å². The zero-order valence-electron chi connectivity index (χ0n) is 18.8. The number of carbonyl (C=O) groups excluding carboxylic acids is 1. The third kappa shape index (κ3) is 5.79. The highest BCUT2D eigenvalue weighted by atomic mass is 35.5. The van der Waals surface area contributed by atoms with E-state index in [1.165, 1.54) is 36.7 Å². The average molecular weight is 569 g/mol. The van der Waals surface area contributed by atoms with Gasteiger partial charge in [-0.15, -0.1) is 0 Å². The number of nitrogens with one attached hydrogen (secondary N) is 2. The second kappa shape index (κ2) is 10.2. The topological polar surface area (TPSA) is 101 Å². The molecule has 0 saturated carbocycles. The van der Waals surface area contributed by atoms with Gasteiger partial charge in [-0.2, -0.15) is 13.2 Å². The molecule has 192 valence electrons. The molecule has 7 nitrogen and oxygen atoms in total. The number of halogens is 5. The molecule has 0 aliphatic rings. The zero-order chi connectivity index (χ0) is 27.0. The Balaban J connectivity index is 1.73. The van der Waals surface area contributed by atoms with Crippen LogP contribution in [0, 0.1) is 0 Å². The SMILES string of the molecule is CC(NC(=O)c1ccc(C(F)(F)F)cc1NS(=O)(=O)c1cccc2nccnc12)c1ccc(Cl)cc1Cl. The molecule has 4 rings (SSSR count). The van der Waals surface area contributed by atoms with E-state index >= 15 is 0 Å². The smallest absolute Gasteiger partial charge is 0.345 e. The third-order valence-corrected chi connectivity index (χ3v) is 7.32. The fraction of sp³-hybridized carbons (Fsp3) is 0.125. The van der Waals surface area contributed by atoms with E-state index in [1.807, 2.05) is 0 Å². The number of rotatable bonds is 6. The quantitative estimate of drug-likeness (QED) is 0.286. The van der Waals surface area contributed by atoms with E-state index in [4.69, 9.17) is 23.2 Å². The van der Waals surface area contributed by atoms with Crippen LogP contribution in [-0.4, -0.2) is 24.3 Å². The van der Waals surface area contributed by atoms with Crippen molar-refractivity contribution in [2.45, 2.75) is 24.0 Å². The van der Waals surface area contributed by atoms with Gasteiger partial charge in [-0.25, -0.2) is 8.42 Å². The number of benzene rings is 3. The number of para-hydroxylation sites is 1. The first kappa shape index (κ1) is 26.6. The predicted molar refractivity (Wildman–Crippen MR) is 134 cm³/mol. The number of amides is 1. The first-order valence-corrected chi connectivity index (χ1v) is 12.8. The molecule has 2 N–H and O–H groups in total. The summed E-state index contributed by atoms with van der Waals surface area (Å²) in [7, 11) is -4.49. The Labute approximate surface area is 219 Å². The largest absolute Gasteiger partial charge is 0.416 e. The van der Waals surface area contributed by atoms with Crippen LogP contribution in [-0.2, 0) is 16.2 Å².